The molecule has 0 spiro atoms. The Hall–Kier alpha value is -0.820. The first kappa shape index (κ1) is 12.6. The van der Waals surface area contributed by atoms with Gasteiger partial charge in [0, 0.05) is 38.6 Å². The zero-order valence-corrected chi connectivity index (χ0v) is 9.28. The summed E-state index contributed by atoms with van der Waals surface area (Å²) in [5.41, 5.74) is 0. The predicted molar refractivity (Wildman–Crippen MR) is 53.2 cm³/mol. The van der Waals surface area contributed by atoms with Crippen molar-refractivity contribution >= 4 is 5.91 Å². The molecule has 2 atom stereocenters. The molecular weight excluding hydrogens is 237 g/mol. The van der Waals surface area contributed by atoms with Crippen molar-refractivity contribution in [2.24, 2.45) is 0 Å². The van der Waals surface area contributed by atoms with Gasteiger partial charge >= 0.3 is 6.18 Å². The molecular formula is C10H15F3N2O2. The summed E-state index contributed by atoms with van der Waals surface area (Å²) in [5, 5.41) is 8.98. The summed E-state index contributed by atoms with van der Waals surface area (Å²) in [5.74, 6) is 0.0889. The molecule has 2 fully saturated rings. The lowest BCUT2D eigenvalue weighted by atomic mass is 10.1. The minimum absolute atomic E-state index is 0.0247. The Morgan fingerprint density at radius 2 is 2.12 bits per heavy atom. The Labute approximate surface area is 97.0 Å². The van der Waals surface area contributed by atoms with Crippen LogP contribution in [0.3, 0.4) is 0 Å². The van der Waals surface area contributed by atoms with Crippen LogP contribution < -0.4 is 0 Å². The fourth-order valence-corrected chi connectivity index (χ4v) is 2.44. The Balaban J connectivity index is 1.87. The molecule has 0 aromatic heterocycles. The highest BCUT2D eigenvalue weighted by molar-refractivity contribution is 5.78. The maximum Gasteiger partial charge on any atom is 0.415 e. The molecule has 7 heteroatoms. The first-order chi connectivity index (χ1) is 7.88. The van der Waals surface area contributed by atoms with E-state index in [2.05, 4.69) is 0 Å². The van der Waals surface area contributed by atoms with Crippen molar-refractivity contribution < 1.29 is 23.1 Å². The molecule has 0 aromatic rings. The molecule has 2 heterocycles. The number of amides is 1. The second kappa shape index (κ2) is 4.45. The number of nitrogens with zero attached hydrogens (tertiary/aromatic N) is 2. The molecule has 0 saturated carbocycles. The molecule has 0 radical (unpaired) electrons. The molecule has 0 aromatic carbocycles. The number of fused-ring (bicyclic) bond motifs is 1. The molecule has 2 aliphatic heterocycles. The number of β-amino-alcohol motifs (C(OH)–C–C–N with tert-alkyl or cyclic N) is 1. The maximum atomic E-state index is 12.2. The summed E-state index contributed by atoms with van der Waals surface area (Å²) in [6, 6.07) is 0.0247. The average molecular weight is 252 g/mol. The lowest BCUT2D eigenvalue weighted by Gasteiger charge is -2.38. The first-order valence-corrected chi connectivity index (χ1v) is 5.64. The number of piperazine rings is 1. The number of rotatable bonds is 2. The topological polar surface area (TPSA) is 43.8 Å². The highest BCUT2D eigenvalue weighted by atomic mass is 19.4. The molecule has 98 valence electrons. The Kier molecular flexibility index (Phi) is 3.31. The second-order valence-corrected chi connectivity index (χ2v) is 4.60. The number of hydrogen-bond acceptors (Lipinski definition) is 3. The van der Waals surface area contributed by atoms with Crippen LogP contribution in [0.25, 0.3) is 0 Å². The number of carbonyl (C=O) groups is 1. The van der Waals surface area contributed by atoms with Gasteiger partial charge in [0.2, 0.25) is 5.91 Å². The van der Waals surface area contributed by atoms with E-state index >= 15 is 0 Å². The summed E-state index contributed by atoms with van der Waals surface area (Å²) < 4.78 is 36.6. The zero-order chi connectivity index (χ0) is 12.6. The van der Waals surface area contributed by atoms with Gasteiger partial charge in [-0.15, -0.1) is 0 Å². The largest absolute Gasteiger partial charge is 0.415 e. The molecule has 4 nitrogen and oxygen atoms in total. The van der Waals surface area contributed by atoms with E-state index in [1.54, 1.807) is 9.80 Å². The standard InChI is InChI=1S/C10H15F3N2O2/c11-10(12,13)8(16)6-14-3-4-15-7(5-14)1-2-9(15)17/h7-8,16H,1-6H2. The van der Waals surface area contributed by atoms with E-state index in [-0.39, 0.29) is 11.9 Å². The van der Waals surface area contributed by atoms with Crippen molar-refractivity contribution in [1.29, 1.82) is 0 Å². The van der Waals surface area contributed by atoms with Gasteiger partial charge < -0.3 is 10.0 Å². The van der Waals surface area contributed by atoms with Crippen LogP contribution in [0.1, 0.15) is 12.8 Å². The third-order valence-electron chi connectivity index (χ3n) is 3.39. The fourth-order valence-electron chi connectivity index (χ4n) is 2.44. The fraction of sp³-hybridized carbons (Fsp3) is 0.900. The van der Waals surface area contributed by atoms with E-state index in [9.17, 15) is 18.0 Å². The van der Waals surface area contributed by atoms with Gasteiger partial charge in [-0.25, -0.2) is 0 Å². The van der Waals surface area contributed by atoms with Gasteiger partial charge in [0.1, 0.15) is 0 Å². The van der Waals surface area contributed by atoms with Gasteiger partial charge in [-0.05, 0) is 6.42 Å². The second-order valence-electron chi connectivity index (χ2n) is 4.60. The van der Waals surface area contributed by atoms with E-state index in [0.29, 0.717) is 32.5 Å². The van der Waals surface area contributed by atoms with Gasteiger partial charge in [0.05, 0.1) is 0 Å². The van der Waals surface area contributed by atoms with Crippen LogP contribution in [-0.2, 0) is 4.79 Å². The molecule has 17 heavy (non-hydrogen) atoms. The van der Waals surface area contributed by atoms with Crippen LogP contribution in [0.15, 0.2) is 0 Å². The van der Waals surface area contributed by atoms with Gasteiger partial charge in [0.15, 0.2) is 6.10 Å². The SMILES string of the molecule is O=C1CCC2CN(CC(O)C(F)(F)F)CCN12. The van der Waals surface area contributed by atoms with Crippen molar-refractivity contribution in [3.05, 3.63) is 0 Å². The lowest BCUT2D eigenvalue weighted by Crippen LogP contribution is -2.54. The van der Waals surface area contributed by atoms with E-state index in [1.165, 1.54) is 0 Å². The number of aliphatic hydroxyl groups excluding tert-OH is 1. The number of hydrogen-bond donors (Lipinski definition) is 1. The third-order valence-corrected chi connectivity index (χ3v) is 3.39. The number of alkyl halides is 3. The predicted octanol–water partition coefficient (Wildman–Crippen LogP) is 0.216. The van der Waals surface area contributed by atoms with Crippen LogP contribution in [-0.4, -0.2) is 65.3 Å². The third kappa shape index (κ3) is 2.71. The van der Waals surface area contributed by atoms with Crippen LogP contribution in [0, 0.1) is 0 Å². The van der Waals surface area contributed by atoms with Crippen LogP contribution in [0.2, 0.25) is 0 Å². The highest BCUT2D eigenvalue weighted by Gasteiger charge is 2.41. The lowest BCUT2D eigenvalue weighted by molar-refractivity contribution is -0.209. The molecule has 1 N–H and O–H groups in total. The number of halogens is 3. The van der Waals surface area contributed by atoms with Crippen molar-refractivity contribution in [2.45, 2.75) is 31.2 Å². The van der Waals surface area contributed by atoms with Gasteiger partial charge in [-0.3, -0.25) is 9.69 Å². The van der Waals surface area contributed by atoms with Crippen LogP contribution >= 0.6 is 0 Å². The van der Waals surface area contributed by atoms with E-state index < -0.39 is 18.8 Å². The van der Waals surface area contributed by atoms with Crippen LogP contribution in [0.4, 0.5) is 13.2 Å². The average Bonchev–Trinajstić information content (AvgIpc) is 2.59. The summed E-state index contributed by atoms with van der Waals surface area (Å²) in [6.45, 7) is 0.893. The number of carbonyl (C=O) groups excluding carboxylic acids is 1. The summed E-state index contributed by atoms with van der Waals surface area (Å²) in [7, 11) is 0. The summed E-state index contributed by atoms with van der Waals surface area (Å²) >= 11 is 0. The molecule has 0 bridgehead atoms. The monoisotopic (exact) mass is 252 g/mol. The molecule has 1 amide bonds. The quantitative estimate of drug-likeness (QED) is 0.764. The summed E-state index contributed by atoms with van der Waals surface area (Å²) in [4.78, 5) is 14.7. The van der Waals surface area contributed by atoms with Crippen molar-refractivity contribution in [3.8, 4) is 0 Å². The van der Waals surface area contributed by atoms with Gasteiger partial charge in [-0.2, -0.15) is 13.2 Å². The molecule has 2 rings (SSSR count). The molecule has 0 aliphatic carbocycles. The Morgan fingerprint density at radius 3 is 2.76 bits per heavy atom. The Morgan fingerprint density at radius 1 is 1.41 bits per heavy atom. The highest BCUT2D eigenvalue weighted by Crippen LogP contribution is 2.25. The van der Waals surface area contributed by atoms with E-state index in [0.717, 1.165) is 0 Å². The molecule has 2 unspecified atom stereocenters. The van der Waals surface area contributed by atoms with Crippen molar-refractivity contribution in [2.75, 3.05) is 26.2 Å². The van der Waals surface area contributed by atoms with Crippen LogP contribution in [0.5, 0.6) is 0 Å². The van der Waals surface area contributed by atoms with Gasteiger partial charge in [0.25, 0.3) is 0 Å². The van der Waals surface area contributed by atoms with E-state index in [1.807, 2.05) is 0 Å². The Bertz CT molecular complexity index is 308. The normalized spacial score (nSPS) is 28.4. The number of aliphatic hydroxyl groups is 1. The van der Waals surface area contributed by atoms with Gasteiger partial charge in [-0.1, -0.05) is 0 Å². The van der Waals surface area contributed by atoms with E-state index in [4.69, 9.17) is 5.11 Å². The molecule has 2 saturated heterocycles. The zero-order valence-electron chi connectivity index (χ0n) is 9.28. The first-order valence-electron chi connectivity index (χ1n) is 5.64. The minimum atomic E-state index is -4.57. The maximum absolute atomic E-state index is 12.2. The van der Waals surface area contributed by atoms with Crippen molar-refractivity contribution in [1.82, 2.24) is 9.80 Å². The molecule has 2 aliphatic rings. The summed E-state index contributed by atoms with van der Waals surface area (Å²) in [6.07, 6.45) is -5.67. The van der Waals surface area contributed by atoms with Crippen molar-refractivity contribution in [3.63, 3.8) is 0 Å². The minimum Gasteiger partial charge on any atom is -0.382 e. The smallest absolute Gasteiger partial charge is 0.382 e.